The lowest BCUT2D eigenvalue weighted by molar-refractivity contribution is -0.136. The van der Waals surface area contributed by atoms with Crippen molar-refractivity contribution >= 4 is 11.8 Å². The van der Waals surface area contributed by atoms with Crippen molar-refractivity contribution in [3.8, 4) is 0 Å². The van der Waals surface area contributed by atoms with Crippen molar-refractivity contribution < 1.29 is 14.6 Å². The third-order valence-corrected chi connectivity index (χ3v) is 2.53. The number of hydrogen-bond acceptors (Lipinski definition) is 5. The highest BCUT2D eigenvalue weighted by Gasteiger charge is 2.17. The zero-order chi connectivity index (χ0) is 13.7. The highest BCUT2D eigenvalue weighted by molar-refractivity contribution is 5.71. The normalized spacial score (nSPS) is 12.3. The summed E-state index contributed by atoms with van der Waals surface area (Å²) in [5.74, 6) is -0.858. The van der Waals surface area contributed by atoms with Gasteiger partial charge < -0.3 is 20.6 Å². The van der Waals surface area contributed by atoms with Gasteiger partial charge in [0.1, 0.15) is 17.7 Å². The fourth-order valence-electron chi connectivity index (χ4n) is 1.64. The molecule has 100 valence electrons. The van der Waals surface area contributed by atoms with Gasteiger partial charge in [-0.1, -0.05) is 13.3 Å². The molecule has 1 atom stereocenters. The van der Waals surface area contributed by atoms with E-state index in [0.717, 1.165) is 6.42 Å². The quantitative estimate of drug-likeness (QED) is 0.679. The first kappa shape index (κ1) is 14.2. The Bertz CT molecular complexity index is 484. The number of hydrogen-bond donors (Lipinski definition) is 3. The standard InChI is InChI=1S/C11H17N3O4/c1-3-4-7(18-2)10-13-9(12)6(5-8(15)16)11(17)14-10/h7H,3-5H2,1-2H3,(H,15,16)(H3,12,13,14,17). The number of nitrogens with zero attached hydrogens (tertiary/aromatic N) is 1. The molecule has 0 aliphatic rings. The van der Waals surface area contributed by atoms with Crippen LogP contribution in [0.2, 0.25) is 0 Å². The van der Waals surface area contributed by atoms with Gasteiger partial charge in [0.05, 0.1) is 12.0 Å². The van der Waals surface area contributed by atoms with Crippen LogP contribution in [0.15, 0.2) is 4.79 Å². The smallest absolute Gasteiger partial charge is 0.308 e. The monoisotopic (exact) mass is 255 g/mol. The molecular formula is C11H17N3O4. The number of carboxylic acid groups (broad SMARTS) is 1. The summed E-state index contributed by atoms with van der Waals surface area (Å²) in [6.45, 7) is 1.98. The van der Waals surface area contributed by atoms with E-state index in [1.807, 2.05) is 6.92 Å². The van der Waals surface area contributed by atoms with Gasteiger partial charge in [-0.3, -0.25) is 9.59 Å². The van der Waals surface area contributed by atoms with Crippen LogP contribution >= 0.6 is 0 Å². The van der Waals surface area contributed by atoms with Crippen LogP contribution < -0.4 is 11.3 Å². The van der Waals surface area contributed by atoms with Crippen LogP contribution in [0.5, 0.6) is 0 Å². The number of anilines is 1. The Kier molecular flexibility index (Phi) is 4.85. The van der Waals surface area contributed by atoms with Crippen molar-refractivity contribution in [1.82, 2.24) is 9.97 Å². The van der Waals surface area contributed by atoms with E-state index >= 15 is 0 Å². The third-order valence-electron chi connectivity index (χ3n) is 2.53. The van der Waals surface area contributed by atoms with E-state index in [1.165, 1.54) is 7.11 Å². The fraction of sp³-hybridized carbons (Fsp3) is 0.545. The second-order valence-electron chi connectivity index (χ2n) is 3.90. The molecule has 1 aromatic heterocycles. The van der Waals surface area contributed by atoms with E-state index in [0.29, 0.717) is 12.2 Å². The van der Waals surface area contributed by atoms with Crippen LogP contribution in [0.25, 0.3) is 0 Å². The van der Waals surface area contributed by atoms with Gasteiger partial charge in [0.2, 0.25) is 0 Å². The number of ether oxygens (including phenoxy) is 1. The number of aliphatic carboxylic acids is 1. The first-order chi connectivity index (χ1) is 8.49. The largest absolute Gasteiger partial charge is 0.481 e. The van der Waals surface area contributed by atoms with E-state index in [-0.39, 0.29) is 17.5 Å². The maximum atomic E-state index is 11.7. The lowest BCUT2D eigenvalue weighted by Gasteiger charge is -2.14. The SMILES string of the molecule is CCCC(OC)c1nc(N)c(CC(=O)O)c(=O)[nH]1. The lowest BCUT2D eigenvalue weighted by Crippen LogP contribution is -2.23. The summed E-state index contributed by atoms with van der Waals surface area (Å²) < 4.78 is 5.20. The summed E-state index contributed by atoms with van der Waals surface area (Å²) in [5, 5.41) is 8.66. The molecule has 1 heterocycles. The van der Waals surface area contributed by atoms with Gasteiger partial charge in [-0.05, 0) is 6.42 Å². The molecule has 0 aromatic carbocycles. The van der Waals surface area contributed by atoms with Crippen molar-refractivity contribution in [2.75, 3.05) is 12.8 Å². The molecule has 0 saturated heterocycles. The molecular weight excluding hydrogens is 238 g/mol. The molecule has 0 aliphatic carbocycles. The van der Waals surface area contributed by atoms with Crippen LogP contribution in [0.3, 0.4) is 0 Å². The maximum absolute atomic E-state index is 11.7. The molecule has 0 amide bonds. The van der Waals surface area contributed by atoms with E-state index in [2.05, 4.69) is 9.97 Å². The highest BCUT2D eigenvalue weighted by atomic mass is 16.5. The molecule has 0 saturated carbocycles. The van der Waals surface area contributed by atoms with Gasteiger partial charge in [0, 0.05) is 7.11 Å². The number of H-pyrrole nitrogens is 1. The predicted molar refractivity (Wildman–Crippen MR) is 65.3 cm³/mol. The van der Waals surface area contributed by atoms with E-state index in [9.17, 15) is 9.59 Å². The van der Waals surface area contributed by atoms with Gasteiger partial charge in [-0.25, -0.2) is 4.98 Å². The zero-order valence-corrected chi connectivity index (χ0v) is 10.4. The Morgan fingerprint density at radius 1 is 1.61 bits per heavy atom. The Morgan fingerprint density at radius 3 is 2.72 bits per heavy atom. The van der Waals surface area contributed by atoms with Crippen LogP contribution in [0.4, 0.5) is 5.82 Å². The number of carboxylic acids is 1. The first-order valence-corrected chi connectivity index (χ1v) is 5.62. The number of carbonyl (C=O) groups is 1. The molecule has 1 rings (SSSR count). The molecule has 0 radical (unpaired) electrons. The maximum Gasteiger partial charge on any atom is 0.308 e. The number of nitrogens with two attached hydrogens (primary N) is 1. The second kappa shape index (κ2) is 6.15. The van der Waals surface area contributed by atoms with Gasteiger partial charge in [-0.15, -0.1) is 0 Å². The van der Waals surface area contributed by atoms with Gasteiger partial charge >= 0.3 is 5.97 Å². The van der Waals surface area contributed by atoms with E-state index in [4.69, 9.17) is 15.6 Å². The summed E-state index contributed by atoms with van der Waals surface area (Å²) in [6, 6.07) is 0. The van der Waals surface area contributed by atoms with Crippen molar-refractivity contribution in [1.29, 1.82) is 0 Å². The molecule has 4 N–H and O–H groups in total. The average molecular weight is 255 g/mol. The van der Waals surface area contributed by atoms with Crippen LogP contribution in [0, 0.1) is 0 Å². The molecule has 7 heteroatoms. The van der Waals surface area contributed by atoms with Crippen molar-refractivity contribution in [3.63, 3.8) is 0 Å². The Balaban J connectivity index is 3.12. The lowest BCUT2D eigenvalue weighted by atomic mass is 10.1. The van der Waals surface area contributed by atoms with Crippen molar-refractivity contribution in [3.05, 3.63) is 21.7 Å². The summed E-state index contributed by atoms with van der Waals surface area (Å²) in [7, 11) is 1.52. The summed E-state index contributed by atoms with van der Waals surface area (Å²) in [4.78, 5) is 28.8. The second-order valence-corrected chi connectivity index (χ2v) is 3.90. The molecule has 0 spiro atoms. The van der Waals surface area contributed by atoms with Crippen LogP contribution in [0.1, 0.15) is 37.3 Å². The topological polar surface area (TPSA) is 118 Å². The minimum absolute atomic E-state index is 0.0300. The average Bonchev–Trinajstić information content (AvgIpc) is 2.30. The zero-order valence-electron chi connectivity index (χ0n) is 10.4. The summed E-state index contributed by atoms with van der Waals surface area (Å²) >= 11 is 0. The first-order valence-electron chi connectivity index (χ1n) is 5.62. The van der Waals surface area contributed by atoms with E-state index in [1.54, 1.807) is 0 Å². The number of nitrogens with one attached hydrogen (secondary N) is 1. The molecule has 7 nitrogen and oxygen atoms in total. The third kappa shape index (κ3) is 3.30. The van der Waals surface area contributed by atoms with Crippen molar-refractivity contribution in [2.45, 2.75) is 32.3 Å². The molecule has 0 aliphatic heterocycles. The number of aromatic nitrogens is 2. The van der Waals surface area contributed by atoms with Crippen LogP contribution in [-0.2, 0) is 16.0 Å². The van der Waals surface area contributed by atoms with E-state index < -0.39 is 17.9 Å². The fourth-order valence-corrected chi connectivity index (χ4v) is 1.64. The minimum Gasteiger partial charge on any atom is -0.481 e. The molecule has 0 bridgehead atoms. The Labute approximate surface area is 104 Å². The molecule has 1 aromatic rings. The van der Waals surface area contributed by atoms with Crippen molar-refractivity contribution in [2.24, 2.45) is 0 Å². The predicted octanol–water partition coefficient (Wildman–Crippen LogP) is 0.467. The summed E-state index contributed by atoms with van der Waals surface area (Å²) in [6.07, 6.45) is 0.764. The molecule has 1 unspecified atom stereocenters. The molecule has 18 heavy (non-hydrogen) atoms. The number of aromatic amines is 1. The minimum atomic E-state index is -1.13. The van der Waals surface area contributed by atoms with Gasteiger partial charge in [0.25, 0.3) is 5.56 Å². The number of rotatable bonds is 6. The Morgan fingerprint density at radius 2 is 2.28 bits per heavy atom. The molecule has 0 fully saturated rings. The van der Waals surface area contributed by atoms with Gasteiger partial charge in [-0.2, -0.15) is 0 Å². The Hall–Kier alpha value is -1.89. The highest BCUT2D eigenvalue weighted by Crippen LogP contribution is 2.18. The number of methoxy groups -OCH3 is 1. The summed E-state index contributed by atoms with van der Waals surface area (Å²) in [5.41, 5.74) is 5.05. The van der Waals surface area contributed by atoms with Crippen LogP contribution in [-0.4, -0.2) is 28.2 Å². The number of nitrogen functional groups attached to an aromatic ring is 1. The van der Waals surface area contributed by atoms with Gasteiger partial charge in [0.15, 0.2) is 0 Å².